The standard InChI is InChI=1S/C15H19ClN4.ClH/c1-19-12(6-7-18-19)11-20-9-8-17-10-15(20)13-4-2-3-5-14(13)16;/h2-7,15,17H,8-11H2,1H3;1H. The highest BCUT2D eigenvalue weighted by Gasteiger charge is 2.25. The average molecular weight is 327 g/mol. The predicted molar refractivity (Wildman–Crippen MR) is 87.9 cm³/mol. The van der Waals surface area contributed by atoms with Crippen LogP contribution in [0.15, 0.2) is 36.5 Å². The van der Waals surface area contributed by atoms with Crippen molar-refractivity contribution >= 4 is 24.0 Å². The predicted octanol–water partition coefficient (Wildman–Crippen LogP) is 2.64. The van der Waals surface area contributed by atoms with E-state index in [4.69, 9.17) is 11.6 Å². The molecule has 0 bridgehead atoms. The summed E-state index contributed by atoms with van der Waals surface area (Å²) in [6.07, 6.45) is 1.85. The minimum absolute atomic E-state index is 0. The number of benzene rings is 1. The van der Waals surface area contributed by atoms with Crippen LogP contribution in [0.2, 0.25) is 5.02 Å². The minimum Gasteiger partial charge on any atom is -0.314 e. The van der Waals surface area contributed by atoms with Crippen LogP contribution in [0.3, 0.4) is 0 Å². The SMILES string of the molecule is Cl.Cn1nccc1CN1CCNCC1c1ccccc1Cl. The van der Waals surface area contributed by atoms with Gasteiger partial charge in [-0.15, -0.1) is 12.4 Å². The highest BCUT2D eigenvalue weighted by atomic mass is 35.5. The largest absolute Gasteiger partial charge is 0.314 e. The lowest BCUT2D eigenvalue weighted by Crippen LogP contribution is -2.45. The van der Waals surface area contributed by atoms with E-state index < -0.39 is 0 Å². The van der Waals surface area contributed by atoms with Crippen molar-refractivity contribution in [2.45, 2.75) is 12.6 Å². The van der Waals surface area contributed by atoms with Crippen LogP contribution in [0.1, 0.15) is 17.3 Å². The molecule has 2 heterocycles. The molecule has 1 aromatic heterocycles. The zero-order valence-corrected chi connectivity index (χ0v) is 13.6. The molecule has 1 atom stereocenters. The summed E-state index contributed by atoms with van der Waals surface area (Å²) in [7, 11) is 1.99. The van der Waals surface area contributed by atoms with E-state index in [0.29, 0.717) is 6.04 Å². The van der Waals surface area contributed by atoms with Gasteiger partial charge >= 0.3 is 0 Å². The van der Waals surface area contributed by atoms with Crippen LogP contribution < -0.4 is 5.32 Å². The summed E-state index contributed by atoms with van der Waals surface area (Å²) < 4.78 is 1.94. The molecule has 2 aromatic rings. The third-order valence-electron chi connectivity index (χ3n) is 3.91. The number of piperazine rings is 1. The molecule has 6 heteroatoms. The summed E-state index contributed by atoms with van der Waals surface area (Å²) in [5.41, 5.74) is 2.42. The summed E-state index contributed by atoms with van der Waals surface area (Å²) in [6, 6.07) is 10.5. The highest BCUT2D eigenvalue weighted by Crippen LogP contribution is 2.29. The molecule has 1 unspecified atom stereocenters. The van der Waals surface area contributed by atoms with Crippen LogP contribution in [0.4, 0.5) is 0 Å². The van der Waals surface area contributed by atoms with E-state index in [9.17, 15) is 0 Å². The van der Waals surface area contributed by atoms with Gasteiger partial charge in [0.05, 0.1) is 5.69 Å². The molecule has 0 aliphatic carbocycles. The third-order valence-corrected chi connectivity index (χ3v) is 4.25. The Morgan fingerprint density at radius 1 is 1.33 bits per heavy atom. The third kappa shape index (κ3) is 3.58. The second-order valence-corrected chi connectivity index (χ2v) is 5.57. The first-order valence-corrected chi connectivity index (χ1v) is 7.29. The van der Waals surface area contributed by atoms with Gasteiger partial charge in [0.1, 0.15) is 0 Å². The van der Waals surface area contributed by atoms with Gasteiger partial charge in [0.2, 0.25) is 0 Å². The maximum absolute atomic E-state index is 6.36. The molecule has 0 spiro atoms. The van der Waals surface area contributed by atoms with Gasteiger partial charge in [-0.05, 0) is 17.7 Å². The van der Waals surface area contributed by atoms with Gasteiger partial charge in [-0.1, -0.05) is 29.8 Å². The van der Waals surface area contributed by atoms with Gasteiger partial charge < -0.3 is 5.32 Å². The molecule has 1 aliphatic heterocycles. The number of nitrogens with zero attached hydrogens (tertiary/aromatic N) is 3. The Balaban J connectivity index is 0.00000161. The van der Waals surface area contributed by atoms with Crippen LogP contribution in [0, 0.1) is 0 Å². The number of aryl methyl sites for hydroxylation is 1. The summed E-state index contributed by atoms with van der Waals surface area (Å²) in [4.78, 5) is 2.47. The molecule has 1 saturated heterocycles. The van der Waals surface area contributed by atoms with Gasteiger partial charge in [-0.25, -0.2) is 0 Å². The van der Waals surface area contributed by atoms with E-state index in [1.54, 1.807) is 0 Å². The Bertz CT molecular complexity index is 585. The van der Waals surface area contributed by atoms with Crippen molar-refractivity contribution in [2.75, 3.05) is 19.6 Å². The van der Waals surface area contributed by atoms with Crippen molar-refractivity contribution in [3.8, 4) is 0 Å². The van der Waals surface area contributed by atoms with Crippen LogP contribution in [0.5, 0.6) is 0 Å². The number of aromatic nitrogens is 2. The Morgan fingerprint density at radius 3 is 2.86 bits per heavy atom. The molecule has 0 saturated carbocycles. The number of halogens is 2. The minimum atomic E-state index is 0. The number of hydrogen-bond donors (Lipinski definition) is 1. The summed E-state index contributed by atoms with van der Waals surface area (Å²) >= 11 is 6.36. The van der Waals surface area contributed by atoms with Crippen molar-refractivity contribution in [2.24, 2.45) is 7.05 Å². The smallest absolute Gasteiger partial charge is 0.0521 e. The van der Waals surface area contributed by atoms with E-state index in [1.807, 2.05) is 30.1 Å². The lowest BCUT2D eigenvalue weighted by atomic mass is 10.0. The van der Waals surface area contributed by atoms with Crippen molar-refractivity contribution < 1.29 is 0 Å². The molecule has 0 amide bonds. The normalized spacial score (nSPS) is 19.2. The quantitative estimate of drug-likeness (QED) is 0.941. The van der Waals surface area contributed by atoms with Crippen LogP contribution >= 0.6 is 24.0 Å². The second kappa shape index (κ2) is 7.27. The molecule has 1 N–H and O–H groups in total. The highest BCUT2D eigenvalue weighted by molar-refractivity contribution is 6.31. The number of rotatable bonds is 3. The Labute approximate surface area is 136 Å². The molecule has 21 heavy (non-hydrogen) atoms. The Kier molecular flexibility index (Phi) is 5.65. The number of hydrogen-bond acceptors (Lipinski definition) is 3. The fourth-order valence-electron chi connectivity index (χ4n) is 2.75. The molecule has 1 aliphatic rings. The second-order valence-electron chi connectivity index (χ2n) is 5.16. The lowest BCUT2D eigenvalue weighted by Gasteiger charge is -2.36. The zero-order chi connectivity index (χ0) is 13.9. The van der Waals surface area contributed by atoms with E-state index in [2.05, 4.69) is 33.5 Å². The van der Waals surface area contributed by atoms with E-state index in [0.717, 1.165) is 31.2 Å². The monoisotopic (exact) mass is 326 g/mol. The fourth-order valence-corrected chi connectivity index (χ4v) is 3.01. The molecular formula is C15H20Cl2N4. The maximum atomic E-state index is 6.36. The lowest BCUT2D eigenvalue weighted by molar-refractivity contribution is 0.150. The maximum Gasteiger partial charge on any atom is 0.0521 e. The van der Waals surface area contributed by atoms with Crippen molar-refractivity contribution in [3.05, 3.63) is 52.8 Å². The first-order valence-electron chi connectivity index (χ1n) is 6.92. The molecular weight excluding hydrogens is 307 g/mol. The van der Waals surface area contributed by atoms with Crippen LogP contribution in [-0.2, 0) is 13.6 Å². The molecule has 1 aromatic carbocycles. The van der Waals surface area contributed by atoms with Gasteiger partial charge in [0, 0.05) is 50.5 Å². The van der Waals surface area contributed by atoms with Crippen molar-refractivity contribution in [3.63, 3.8) is 0 Å². The molecule has 3 rings (SSSR count). The van der Waals surface area contributed by atoms with Gasteiger partial charge in [-0.3, -0.25) is 9.58 Å². The Hall–Kier alpha value is -1.07. The first-order chi connectivity index (χ1) is 9.75. The van der Waals surface area contributed by atoms with Gasteiger partial charge in [0.15, 0.2) is 0 Å². The van der Waals surface area contributed by atoms with Crippen molar-refractivity contribution in [1.29, 1.82) is 0 Å². The van der Waals surface area contributed by atoms with Crippen LogP contribution in [-0.4, -0.2) is 34.3 Å². The molecule has 4 nitrogen and oxygen atoms in total. The molecule has 1 fully saturated rings. The molecule has 0 radical (unpaired) electrons. The summed E-state index contributed by atoms with van der Waals surface area (Å²) in [5, 5.41) is 8.55. The van der Waals surface area contributed by atoms with E-state index in [-0.39, 0.29) is 12.4 Å². The first kappa shape index (κ1) is 16.3. The van der Waals surface area contributed by atoms with E-state index in [1.165, 1.54) is 11.3 Å². The van der Waals surface area contributed by atoms with Crippen LogP contribution in [0.25, 0.3) is 0 Å². The van der Waals surface area contributed by atoms with Crippen molar-refractivity contribution in [1.82, 2.24) is 20.0 Å². The molecule has 114 valence electrons. The number of nitrogens with one attached hydrogen (secondary N) is 1. The average Bonchev–Trinajstić information content (AvgIpc) is 2.86. The summed E-state index contributed by atoms with van der Waals surface area (Å²) in [6.45, 7) is 3.86. The van der Waals surface area contributed by atoms with Gasteiger partial charge in [0.25, 0.3) is 0 Å². The van der Waals surface area contributed by atoms with E-state index >= 15 is 0 Å². The zero-order valence-electron chi connectivity index (χ0n) is 12.0. The topological polar surface area (TPSA) is 33.1 Å². The fraction of sp³-hybridized carbons (Fsp3) is 0.400. The van der Waals surface area contributed by atoms with Gasteiger partial charge in [-0.2, -0.15) is 5.10 Å². The Morgan fingerprint density at radius 2 is 2.14 bits per heavy atom. The summed E-state index contributed by atoms with van der Waals surface area (Å²) in [5.74, 6) is 0.